The van der Waals surface area contributed by atoms with Crippen molar-refractivity contribution in [2.45, 2.75) is 45.1 Å². The van der Waals surface area contributed by atoms with Gasteiger partial charge in [0.15, 0.2) is 0 Å². The number of carbonyl (C=O) groups excluding carboxylic acids is 1. The number of hydrogen-bond donors (Lipinski definition) is 1. The highest BCUT2D eigenvalue weighted by Crippen LogP contribution is 2.33. The van der Waals surface area contributed by atoms with E-state index in [0.29, 0.717) is 18.4 Å². The molecule has 4 heterocycles. The molecule has 2 saturated heterocycles. The van der Waals surface area contributed by atoms with Gasteiger partial charge in [-0.25, -0.2) is 9.97 Å². The van der Waals surface area contributed by atoms with Crippen LogP contribution in [0.2, 0.25) is 0 Å². The number of carbonyl (C=O) groups is 1. The van der Waals surface area contributed by atoms with Gasteiger partial charge in [-0.05, 0) is 49.5 Å². The third-order valence-electron chi connectivity index (χ3n) is 5.49. The zero-order valence-electron chi connectivity index (χ0n) is 15.2. The minimum absolute atomic E-state index is 0.202. The minimum atomic E-state index is 0.202. The van der Waals surface area contributed by atoms with Gasteiger partial charge in [0.05, 0.1) is 10.2 Å². The summed E-state index contributed by atoms with van der Waals surface area (Å²) in [5.41, 5.74) is 2.28. The topological polar surface area (TPSA) is 67.4 Å². The monoisotopic (exact) mass is 374 g/mol. The van der Waals surface area contributed by atoms with Gasteiger partial charge in [-0.1, -0.05) is 0 Å². The minimum Gasteiger partial charge on any atom is -0.381 e. The highest BCUT2D eigenvalue weighted by Gasteiger charge is 2.25. The van der Waals surface area contributed by atoms with Crippen LogP contribution in [-0.2, 0) is 9.53 Å². The van der Waals surface area contributed by atoms with Crippen molar-refractivity contribution >= 4 is 33.3 Å². The summed E-state index contributed by atoms with van der Waals surface area (Å²) in [5, 5.41) is 5.33. The lowest BCUT2D eigenvalue weighted by atomic mass is 9.93. The van der Waals surface area contributed by atoms with E-state index in [4.69, 9.17) is 4.74 Å². The number of hydrogen-bond acceptors (Lipinski definition) is 6. The molecule has 26 heavy (non-hydrogen) atoms. The number of piperidine rings is 1. The summed E-state index contributed by atoms with van der Waals surface area (Å²) < 4.78 is 6.53. The molecule has 140 valence electrons. The summed E-state index contributed by atoms with van der Waals surface area (Å²) in [5.74, 6) is 1.72. The molecular weight excluding hydrogens is 348 g/mol. The standard InChI is InChI=1S/C19H26N4O2S/c1-13-11-26-18-17(13)20-12-21-19(18)23-6-2-14(3-7-23)10-16(24)22-15-4-8-25-9-5-15/h11-12,14-15H,2-10H2,1H3,(H,22,24). The number of aryl methyl sites for hydroxylation is 1. The Kier molecular flexibility index (Phi) is 5.36. The van der Waals surface area contributed by atoms with Gasteiger partial charge in [-0.15, -0.1) is 11.3 Å². The second-order valence-electron chi connectivity index (χ2n) is 7.38. The number of amides is 1. The Morgan fingerprint density at radius 2 is 2.04 bits per heavy atom. The molecule has 0 bridgehead atoms. The van der Waals surface area contributed by atoms with E-state index in [2.05, 4.69) is 32.5 Å². The van der Waals surface area contributed by atoms with E-state index in [1.54, 1.807) is 17.7 Å². The fourth-order valence-corrected chi connectivity index (χ4v) is 4.94. The maximum atomic E-state index is 12.3. The lowest BCUT2D eigenvalue weighted by Crippen LogP contribution is -2.41. The van der Waals surface area contributed by atoms with Crippen LogP contribution in [0.1, 0.15) is 37.7 Å². The number of anilines is 1. The SMILES string of the molecule is Cc1csc2c(N3CCC(CC(=O)NC4CCOCC4)CC3)ncnc12. The van der Waals surface area contributed by atoms with Crippen molar-refractivity contribution in [2.24, 2.45) is 5.92 Å². The summed E-state index contributed by atoms with van der Waals surface area (Å²) >= 11 is 1.72. The van der Waals surface area contributed by atoms with Crippen LogP contribution in [0.25, 0.3) is 10.2 Å². The third kappa shape index (κ3) is 3.83. The molecule has 2 aliphatic heterocycles. The average molecular weight is 375 g/mol. The number of thiophene rings is 1. The molecule has 0 aromatic carbocycles. The van der Waals surface area contributed by atoms with E-state index in [0.717, 1.165) is 63.3 Å². The molecule has 6 nitrogen and oxygen atoms in total. The van der Waals surface area contributed by atoms with Crippen molar-refractivity contribution in [3.8, 4) is 0 Å². The zero-order valence-corrected chi connectivity index (χ0v) is 16.1. The molecule has 7 heteroatoms. The lowest BCUT2D eigenvalue weighted by molar-refractivity contribution is -0.123. The van der Waals surface area contributed by atoms with Gasteiger partial charge >= 0.3 is 0 Å². The Hall–Kier alpha value is -1.73. The first-order valence-corrected chi connectivity index (χ1v) is 10.4. The van der Waals surface area contributed by atoms with Crippen molar-refractivity contribution in [1.29, 1.82) is 0 Å². The Morgan fingerprint density at radius 3 is 2.81 bits per heavy atom. The summed E-state index contributed by atoms with van der Waals surface area (Å²) in [6, 6.07) is 0.299. The maximum Gasteiger partial charge on any atom is 0.220 e. The smallest absolute Gasteiger partial charge is 0.220 e. The van der Waals surface area contributed by atoms with E-state index >= 15 is 0 Å². The summed E-state index contributed by atoms with van der Waals surface area (Å²) in [7, 11) is 0. The average Bonchev–Trinajstić information content (AvgIpc) is 3.04. The lowest BCUT2D eigenvalue weighted by Gasteiger charge is -2.33. The van der Waals surface area contributed by atoms with E-state index in [9.17, 15) is 4.79 Å². The molecule has 1 amide bonds. The van der Waals surface area contributed by atoms with Crippen molar-refractivity contribution in [3.63, 3.8) is 0 Å². The largest absolute Gasteiger partial charge is 0.381 e. The number of nitrogens with one attached hydrogen (secondary N) is 1. The normalized spacial score (nSPS) is 19.8. The van der Waals surface area contributed by atoms with Crippen LogP contribution in [-0.4, -0.2) is 48.2 Å². The first kappa shape index (κ1) is 17.7. The molecule has 0 saturated carbocycles. The molecule has 2 fully saturated rings. The molecule has 2 aliphatic rings. The number of ether oxygens (including phenoxy) is 1. The van der Waals surface area contributed by atoms with E-state index in [-0.39, 0.29) is 5.91 Å². The second-order valence-corrected chi connectivity index (χ2v) is 8.26. The van der Waals surface area contributed by atoms with Crippen LogP contribution in [0.4, 0.5) is 5.82 Å². The van der Waals surface area contributed by atoms with Crippen molar-refractivity contribution in [3.05, 3.63) is 17.3 Å². The Morgan fingerprint density at radius 1 is 1.27 bits per heavy atom. The number of aromatic nitrogens is 2. The first-order valence-electron chi connectivity index (χ1n) is 9.51. The van der Waals surface area contributed by atoms with Crippen LogP contribution >= 0.6 is 11.3 Å². The predicted molar refractivity (Wildman–Crippen MR) is 104 cm³/mol. The second kappa shape index (κ2) is 7.88. The van der Waals surface area contributed by atoms with Crippen LogP contribution in [0, 0.1) is 12.8 Å². The highest BCUT2D eigenvalue weighted by atomic mass is 32.1. The quantitative estimate of drug-likeness (QED) is 0.891. The molecule has 0 atom stereocenters. The maximum absolute atomic E-state index is 12.3. The Balaban J connectivity index is 1.31. The fraction of sp³-hybridized carbons (Fsp3) is 0.632. The van der Waals surface area contributed by atoms with E-state index in [1.165, 1.54) is 10.3 Å². The predicted octanol–water partition coefficient (Wildman–Crippen LogP) is 2.90. The third-order valence-corrected chi connectivity index (χ3v) is 6.57. The van der Waals surface area contributed by atoms with E-state index < -0.39 is 0 Å². The zero-order chi connectivity index (χ0) is 17.9. The van der Waals surface area contributed by atoms with Crippen molar-refractivity contribution in [2.75, 3.05) is 31.2 Å². The molecule has 4 rings (SSSR count). The Bertz CT molecular complexity index is 764. The molecule has 2 aromatic heterocycles. The van der Waals surface area contributed by atoms with Gasteiger partial charge < -0.3 is 15.0 Å². The molecular formula is C19H26N4O2S. The van der Waals surface area contributed by atoms with Gasteiger partial charge in [0.2, 0.25) is 5.91 Å². The van der Waals surface area contributed by atoms with Crippen LogP contribution in [0.3, 0.4) is 0 Å². The summed E-state index contributed by atoms with van der Waals surface area (Å²) in [4.78, 5) is 23.6. The summed E-state index contributed by atoms with van der Waals surface area (Å²) in [6.45, 7) is 5.54. The van der Waals surface area contributed by atoms with Gasteiger partial charge in [0.25, 0.3) is 0 Å². The molecule has 2 aromatic rings. The molecule has 1 N–H and O–H groups in total. The van der Waals surface area contributed by atoms with Gasteiger partial charge in [-0.2, -0.15) is 0 Å². The van der Waals surface area contributed by atoms with Crippen LogP contribution < -0.4 is 10.2 Å². The molecule has 0 unspecified atom stereocenters. The first-order chi connectivity index (χ1) is 12.7. The van der Waals surface area contributed by atoms with Crippen LogP contribution in [0.5, 0.6) is 0 Å². The van der Waals surface area contributed by atoms with Crippen molar-refractivity contribution in [1.82, 2.24) is 15.3 Å². The molecule has 0 aliphatic carbocycles. The number of nitrogens with zero attached hydrogens (tertiary/aromatic N) is 3. The van der Waals surface area contributed by atoms with Crippen molar-refractivity contribution < 1.29 is 9.53 Å². The van der Waals surface area contributed by atoms with Gasteiger partial charge in [0, 0.05) is 38.8 Å². The molecule has 0 radical (unpaired) electrons. The fourth-order valence-electron chi connectivity index (χ4n) is 3.92. The highest BCUT2D eigenvalue weighted by molar-refractivity contribution is 7.18. The van der Waals surface area contributed by atoms with Crippen LogP contribution in [0.15, 0.2) is 11.7 Å². The van der Waals surface area contributed by atoms with E-state index in [1.807, 2.05) is 0 Å². The Labute approximate surface area is 158 Å². The number of fused-ring (bicyclic) bond motifs is 1. The molecule has 0 spiro atoms. The number of rotatable bonds is 4. The van der Waals surface area contributed by atoms with Gasteiger partial charge in [0.1, 0.15) is 12.1 Å². The van der Waals surface area contributed by atoms with Gasteiger partial charge in [-0.3, -0.25) is 4.79 Å². The summed E-state index contributed by atoms with van der Waals surface area (Å²) in [6.07, 6.45) is 6.27.